The maximum absolute atomic E-state index is 13.6. The minimum absolute atomic E-state index is 0.178. The van der Waals surface area contributed by atoms with Crippen LogP contribution in [0.15, 0.2) is 63.6 Å². The molecule has 244 valence electrons. The predicted molar refractivity (Wildman–Crippen MR) is 185 cm³/mol. The molecule has 13 nitrogen and oxygen atoms in total. The van der Waals surface area contributed by atoms with Gasteiger partial charge in [0.2, 0.25) is 11.9 Å². The van der Waals surface area contributed by atoms with Crippen LogP contribution >= 0.6 is 11.3 Å². The van der Waals surface area contributed by atoms with E-state index in [2.05, 4.69) is 54.9 Å². The highest BCUT2D eigenvalue weighted by atomic mass is 32.1. The topological polar surface area (TPSA) is 175 Å². The molecule has 0 bridgehead atoms. The molecule has 14 heteroatoms. The lowest BCUT2D eigenvalue weighted by Crippen LogP contribution is -2.33. The van der Waals surface area contributed by atoms with E-state index < -0.39 is 29.0 Å². The number of thiazole rings is 1. The van der Waals surface area contributed by atoms with Crippen molar-refractivity contribution in [3.05, 3.63) is 120 Å². The summed E-state index contributed by atoms with van der Waals surface area (Å²) in [4.78, 5) is 67.9. The highest BCUT2D eigenvalue weighted by molar-refractivity contribution is 7.13. The molecular weight excluding hydrogens is 632 g/mol. The first-order chi connectivity index (χ1) is 22.9. The van der Waals surface area contributed by atoms with Crippen molar-refractivity contribution in [3.63, 3.8) is 0 Å². The molecule has 48 heavy (non-hydrogen) atoms. The van der Waals surface area contributed by atoms with Crippen LogP contribution in [0.2, 0.25) is 0 Å². The van der Waals surface area contributed by atoms with Crippen LogP contribution in [0.25, 0.3) is 18.0 Å². The highest BCUT2D eigenvalue weighted by Gasteiger charge is 2.27. The summed E-state index contributed by atoms with van der Waals surface area (Å²) in [6.45, 7) is 3.83. The summed E-state index contributed by atoms with van der Waals surface area (Å²) in [5, 5.41) is 16.4. The molecule has 5 aromatic rings. The lowest BCUT2D eigenvalue weighted by Gasteiger charge is -2.22. The Kier molecular flexibility index (Phi) is 8.74. The largest absolute Gasteiger partial charge is 0.481 e. The van der Waals surface area contributed by atoms with E-state index in [4.69, 9.17) is 5.11 Å². The van der Waals surface area contributed by atoms with E-state index in [1.807, 2.05) is 38.1 Å². The number of carbonyl (C=O) groups excluding carboxylic acids is 1. The van der Waals surface area contributed by atoms with Gasteiger partial charge in [-0.1, -0.05) is 59.7 Å². The van der Waals surface area contributed by atoms with E-state index >= 15 is 0 Å². The number of anilines is 3. The molecule has 0 radical (unpaired) electrons. The fourth-order valence-corrected chi connectivity index (χ4v) is 6.24. The maximum atomic E-state index is 13.6. The number of fused-ring (bicyclic) bond motifs is 2. The summed E-state index contributed by atoms with van der Waals surface area (Å²) >= 11 is 1.12. The first-order valence-electron chi connectivity index (χ1n) is 15.0. The molecule has 0 saturated carbocycles. The Labute approximate surface area is 278 Å². The molecule has 3 heterocycles. The second kappa shape index (κ2) is 13.1. The zero-order valence-electron chi connectivity index (χ0n) is 26.6. The number of hydrogen-bond acceptors (Lipinski definition) is 10. The van der Waals surface area contributed by atoms with Gasteiger partial charge in [0, 0.05) is 43.2 Å². The summed E-state index contributed by atoms with van der Waals surface area (Å²) in [5.41, 5.74) is 5.48. The van der Waals surface area contributed by atoms with Gasteiger partial charge in [-0.2, -0.15) is 9.97 Å². The molecule has 4 N–H and O–H groups in total. The lowest BCUT2D eigenvalue weighted by atomic mass is 9.82. The molecule has 2 aromatic carbocycles. The van der Waals surface area contributed by atoms with Crippen LogP contribution in [0.3, 0.4) is 0 Å². The van der Waals surface area contributed by atoms with E-state index in [1.165, 1.54) is 16.8 Å². The van der Waals surface area contributed by atoms with Crippen LogP contribution in [0.5, 0.6) is 0 Å². The average molecular weight is 665 g/mol. The molecule has 0 atom stereocenters. The normalized spacial score (nSPS) is 12.2. The monoisotopic (exact) mass is 664 g/mol. The van der Waals surface area contributed by atoms with E-state index in [0.29, 0.717) is 11.3 Å². The number of aromatic nitrogens is 5. The Balaban J connectivity index is 1.37. The van der Waals surface area contributed by atoms with Crippen molar-refractivity contribution < 1.29 is 14.7 Å². The van der Waals surface area contributed by atoms with Crippen molar-refractivity contribution in [3.8, 4) is 5.82 Å². The van der Waals surface area contributed by atoms with Crippen molar-refractivity contribution in [1.82, 2.24) is 24.5 Å². The van der Waals surface area contributed by atoms with Gasteiger partial charge < -0.3 is 20.6 Å². The van der Waals surface area contributed by atoms with Crippen LogP contribution in [0.4, 0.5) is 16.9 Å². The third-order valence-electron chi connectivity index (χ3n) is 7.74. The number of aryl methyl sites for hydroxylation is 2. The van der Waals surface area contributed by atoms with Crippen LogP contribution in [0.1, 0.15) is 50.6 Å². The number of benzene rings is 2. The number of carboxylic acid groups (broad SMARTS) is 1. The summed E-state index contributed by atoms with van der Waals surface area (Å²) < 4.78 is 1.27. The van der Waals surface area contributed by atoms with Gasteiger partial charge in [0.25, 0.3) is 5.56 Å². The first-order valence-corrected chi connectivity index (χ1v) is 15.8. The highest BCUT2D eigenvalue weighted by Crippen LogP contribution is 2.38. The number of nitrogens with one attached hydrogen (secondary N) is 3. The van der Waals surface area contributed by atoms with E-state index in [-0.39, 0.29) is 35.7 Å². The van der Waals surface area contributed by atoms with Gasteiger partial charge >= 0.3 is 11.7 Å². The summed E-state index contributed by atoms with van der Waals surface area (Å²) in [7, 11) is 3.48. The number of rotatable bonds is 9. The van der Waals surface area contributed by atoms with E-state index in [1.54, 1.807) is 24.4 Å². The van der Waals surface area contributed by atoms with Gasteiger partial charge in [-0.3, -0.25) is 23.9 Å². The maximum Gasteiger partial charge on any atom is 0.334 e. The second-order valence-electron chi connectivity index (χ2n) is 11.7. The number of nitrogens with zero attached hydrogens (tertiary/aromatic N) is 5. The van der Waals surface area contributed by atoms with Gasteiger partial charge in [0.15, 0.2) is 5.13 Å². The summed E-state index contributed by atoms with van der Waals surface area (Å²) in [6.07, 6.45) is 5.38. The number of H-pyrrole nitrogens is 1. The fraction of sp³-hybridized carbons (Fsp3) is 0.206. The zero-order valence-corrected chi connectivity index (χ0v) is 27.4. The van der Waals surface area contributed by atoms with Crippen LogP contribution in [-0.4, -0.2) is 62.1 Å². The van der Waals surface area contributed by atoms with Gasteiger partial charge in [0.1, 0.15) is 11.6 Å². The molecule has 0 spiro atoms. The number of carboxylic acids is 1. The smallest absolute Gasteiger partial charge is 0.334 e. The standard InChI is InChI=1S/C34H32N8O5S/c1-18-5-9-23-20(11-18)7-8-21-12-19(2)6-10-24(21)30(23)25-16-42(34(47)40-31(25)46)27-14-26(37-32(38-27)41(3)4)35-15-28(43)39-33-36-22(17-48-33)13-29(44)45/h5-12,14,16-17,30H,13,15H2,1-4H3,(H,44,45)(H,35,37,38)(H,36,39,43)(H,40,46,47). The number of carbonyl (C=O) groups is 2. The Morgan fingerprint density at radius 2 is 1.62 bits per heavy atom. The lowest BCUT2D eigenvalue weighted by molar-refractivity contribution is -0.136. The summed E-state index contributed by atoms with van der Waals surface area (Å²) in [5.74, 6) is -1.25. The van der Waals surface area contributed by atoms with Gasteiger partial charge in [-0.15, -0.1) is 11.3 Å². The number of amides is 1. The summed E-state index contributed by atoms with van der Waals surface area (Å²) in [6, 6.07) is 13.7. The van der Waals surface area contributed by atoms with E-state index in [9.17, 15) is 19.2 Å². The van der Waals surface area contributed by atoms with E-state index in [0.717, 1.165) is 44.7 Å². The van der Waals surface area contributed by atoms with Crippen LogP contribution in [-0.2, 0) is 16.0 Å². The SMILES string of the molecule is Cc1ccc2c(c1)C=Cc1cc(C)ccc1C2c1cn(-c2cc(NCC(=O)Nc3nc(CC(=O)O)cs3)nc(N(C)C)n2)c(=O)[nH]c1=O. The third kappa shape index (κ3) is 6.78. The predicted octanol–water partition coefficient (Wildman–Crippen LogP) is 3.80. The molecule has 0 fully saturated rings. The second-order valence-corrected chi connectivity index (χ2v) is 12.5. The van der Waals surface area contributed by atoms with Gasteiger partial charge in [-0.05, 0) is 36.1 Å². The quantitative estimate of drug-likeness (QED) is 0.178. The molecule has 1 aliphatic rings. The first kappa shape index (κ1) is 32.1. The Morgan fingerprint density at radius 1 is 0.958 bits per heavy atom. The molecule has 0 saturated heterocycles. The minimum Gasteiger partial charge on any atom is -0.481 e. The molecule has 0 unspecified atom stereocenters. The van der Waals surface area contributed by atoms with Crippen molar-refractivity contribution in [2.24, 2.45) is 0 Å². The van der Waals surface area contributed by atoms with Gasteiger partial charge in [-0.25, -0.2) is 9.78 Å². The molecule has 3 aromatic heterocycles. The Morgan fingerprint density at radius 3 is 2.25 bits per heavy atom. The molecule has 0 aliphatic heterocycles. The minimum atomic E-state index is -1.02. The van der Waals surface area contributed by atoms with Crippen molar-refractivity contribution in [2.75, 3.05) is 36.2 Å². The number of aromatic amines is 1. The average Bonchev–Trinajstić information content (AvgIpc) is 3.40. The van der Waals surface area contributed by atoms with Crippen molar-refractivity contribution in [2.45, 2.75) is 26.2 Å². The molecule has 6 rings (SSSR count). The van der Waals surface area contributed by atoms with Crippen LogP contribution in [0, 0.1) is 13.8 Å². The molecule has 1 aliphatic carbocycles. The Hall–Kier alpha value is -5.89. The van der Waals surface area contributed by atoms with Gasteiger partial charge in [0.05, 0.1) is 18.7 Å². The van der Waals surface area contributed by atoms with Crippen molar-refractivity contribution >= 4 is 52.3 Å². The zero-order chi connectivity index (χ0) is 34.1. The number of aliphatic carboxylic acids is 1. The Bertz CT molecular complexity index is 2160. The number of hydrogen-bond donors (Lipinski definition) is 4. The fourth-order valence-electron chi connectivity index (χ4n) is 5.52. The van der Waals surface area contributed by atoms with Crippen molar-refractivity contribution in [1.29, 1.82) is 0 Å². The molecule has 1 amide bonds. The third-order valence-corrected chi connectivity index (χ3v) is 8.54. The van der Waals surface area contributed by atoms with Crippen LogP contribution < -0.4 is 26.8 Å². The molecular formula is C34H32N8O5S.